The fraction of sp³-hybridized carbons (Fsp3) is 0.0476. The highest BCUT2D eigenvalue weighted by Crippen LogP contribution is 2.24. The third kappa shape index (κ3) is 5.09. The van der Waals surface area contributed by atoms with Gasteiger partial charge in [-0.05, 0) is 35.9 Å². The van der Waals surface area contributed by atoms with Gasteiger partial charge in [0.2, 0.25) is 0 Å². The molecule has 7 heteroatoms. The minimum Gasteiger partial charge on any atom is -0.507 e. The number of aromatic hydroxyl groups is 1. The molecule has 1 atom stereocenters. The van der Waals surface area contributed by atoms with E-state index in [2.05, 4.69) is 20.8 Å². The Morgan fingerprint density at radius 3 is 2.25 bits per heavy atom. The number of nitrogens with zero attached hydrogens (tertiary/aromatic N) is 3. The fourth-order valence-corrected chi connectivity index (χ4v) is 2.33. The molecule has 0 radical (unpaired) electrons. The van der Waals surface area contributed by atoms with Crippen molar-refractivity contribution >= 4 is 23.5 Å². The number of carbonyl (C=O) groups excluding carboxylic acids is 1. The number of phenols is 1. The maximum Gasteiger partial charge on any atom is 0.273 e. The SMILES string of the molecule is O=C(N/N=C/c1cc(N=Nc2ccccc2)ccc1O)C(O)c1ccccc1. The van der Waals surface area contributed by atoms with Crippen LogP contribution in [0, 0.1) is 0 Å². The molecular formula is C21H18N4O3. The van der Waals surface area contributed by atoms with Crippen LogP contribution in [0.2, 0.25) is 0 Å². The minimum atomic E-state index is -1.34. The minimum absolute atomic E-state index is 0.0275. The largest absolute Gasteiger partial charge is 0.507 e. The first-order valence-corrected chi connectivity index (χ1v) is 8.49. The molecule has 1 amide bonds. The lowest BCUT2D eigenvalue weighted by Gasteiger charge is -2.08. The van der Waals surface area contributed by atoms with Crippen molar-refractivity contribution in [2.24, 2.45) is 15.3 Å². The molecule has 0 aliphatic heterocycles. The quantitative estimate of drug-likeness (QED) is 0.345. The van der Waals surface area contributed by atoms with Crippen molar-refractivity contribution in [1.29, 1.82) is 0 Å². The number of carbonyl (C=O) groups is 1. The van der Waals surface area contributed by atoms with Gasteiger partial charge in [0.15, 0.2) is 6.10 Å². The van der Waals surface area contributed by atoms with E-state index in [1.54, 1.807) is 42.5 Å². The Hall–Kier alpha value is -3.84. The van der Waals surface area contributed by atoms with Crippen molar-refractivity contribution in [2.75, 3.05) is 0 Å². The van der Waals surface area contributed by atoms with Crippen molar-refractivity contribution < 1.29 is 15.0 Å². The topological polar surface area (TPSA) is 107 Å². The Morgan fingerprint density at radius 1 is 0.893 bits per heavy atom. The van der Waals surface area contributed by atoms with E-state index in [1.807, 2.05) is 30.3 Å². The molecule has 3 aromatic rings. The number of azo groups is 1. The van der Waals surface area contributed by atoms with Crippen molar-refractivity contribution in [3.63, 3.8) is 0 Å². The van der Waals surface area contributed by atoms with E-state index >= 15 is 0 Å². The van der Waals surface area contributed by atoms with Crippen LogP contribution in [-0.4, -0.2) is 22.3 Å². The second-order valence-electron chi connectivity index (χ2n) is 5.83. The first-order chi connectivity index (χ1) is 13.6. The normalized spacial score (nSPS) is 12.3. The second-order valence-corrected chi connectivity index (χ2v) is 5.83. The van der Waals surface area contributed by atoms with Crippen LogP contribution in [0.4, 0.5) is 11.4 Å². The summed E-state index contributed by atoms with van der Waals surface area (Å²) in [4.78, 5) is 12.0. The zero-order valence-corrected chi connectivity index (χ0v) is 14.8. The number of amides is 1. The number of benzene rings is 3. The summed E-state index contributed by atoms with van der Waals surface area (Å²) in [6.45, 7) is 0. The van der Waals surface area contributed by atoms with Crippen molar-refractivity contribution in [3.8, 4) is 5.75 Å². The Kier molecular flexibility index (Phi) is 6.22. The number of nitrogens with one attached hydrogen (secondary N) is 1. The molecule has 3 rings (SSSR count). The van der Waals surface area contributed by atoms with Crippen LogP contribution in [0.3, 0.4) is 0 Å². The van der Waals surface area contributed by atoms with Crippen LogP contribution >= 0.6 is 0 Å². The van der Waals surface area contributed by atoms with Gasteiger partial charge in [-0.15, -0.1) is 0 Å². The number of phenolic OH excluding ortho intramolecular Hbond substituents is 1. The van der Waals surface area contributed by atoms with Gasteiger partial charge in [0, 0.05) is 5.56 Å². The van der Waals surface area contributed by atoms with Gasteiger partial charge in [0.05, 0.1) is 17.6 Å². The average molecular weight is 374 g/mol. The summed E-state index contributed by atoms with van der Waals surface area (Å²) in [7, 11) is 0. The highest BCUT2D eigenvalue weighted by atomic mass is 16.3. The molecule has 0 saturated carbocycles. The third-order valence-corrected chi connectivity index (χ3v) is 3.79. The summed E-state index contributed by atoms with van der Waals surface area (Å²) in [6, 6.07) is 22.4. The number of aliphatic hydroxyl groups excluding tert-OH is 1. The lowest BCUT2D eigenvalue weighted by Crippen LogP contribution is -2.25. The molecule has 0 aliphatic carbocycles. The molecule has 1 unspecified atom stereocenters. The molecule has 0 heterocycles. The highest BCUT2D eigenvalue weighted by Gasteiger charge is 2.16. The Morgan fingerprint density at radius 2 is 1.54 bits per heavy atom. The zero-order chi connectivity index (χ0) is 19.8. The van der Waals surface area contributed by atoms with Gasteiger partial charge in [-0.1, -0.05) is 48.5 Å². The van der Waals surface area contributed by atoms with Gasteiger partial charge in [0.25, 0.3) is 5.91 Å². The molecule has 0 saturated heterocycles. The summed E-state index contributed by atoms with van der Waals surface area (Å²) in [5, 5.41) is 32.0. The van der Waals surface area contributed by atoms with Gasteiger partial charge in [-0.25, -0.2) is 5.43 Å². The monoisotopic (exact) mass is 374 g/mol. The molecule has 0 bridgehead atoms. The molecule has 7 nitrogen and oxygen atoms in total. The number of hydrogen-bond acceptors (Lipinski definition) is 6. The zero-order valence-electron chi connectivity index (χ0n) is 14.8. The van der Waals surface area contributed by atoms with Crippen LogP contribution in [0.5, 0.6) is 5.75 Å². The van der Waals surface area contributed by atoms with Crippen LogP contribution in [0.15, 0.2) is 94.2 Å². The summed E-state index contributed by atoms with van der Waals surface area (Å²) >= 11 is 0. The fourth-order valence-electron chi connectivity index (χ4n) is 2.33. The van der Waals surface area contributed by atoms with Crippen molar-refractivity contribution in [1.82, 2.24) is 5.43 Å². The van der Waals surface area contributed by atoms with E-state index < -0.39 is 12.0 Å². The molecular weight excluding hydrogens is 356 g/mol. The van der Waals surface area contributed by atoms with E-state index in [0.717, 1.165) is 0 Å². The molecule has 0 fully saturated rings. The van der Waals surface area contributed by atoms with Crippen LogP contribution in [-0.2, 0) is 4.79 Å². The number of hydrazone groups is 1. The lowest BCUT2D eigenvalue weighted by molar-refractivity contribution is -0.129. The molecule has 3 aromatic carbocycles. The maximum absolute atomic E-state index is 12.0. The Bertz CT molecular complexity index is 989. The predicted octanol–water partition coefficient (Wildman–Crippen LogP) is 3.99. The average Bonchev–Trinajstić information content (AvgIpc) is 2.74. The summed E-state index contributed by atoms with van der Waals surface area (Å²) in [5.74, 6) is -0.706. The number of hydrogen-bond donors (Lipinski definition) is 3. The first-order valence-electron chi connectivity index (χ1n) is 8.49. The van der Waals surface area contributed by atoms with Crippen molar-refractivity contribution in [3.05, 3.63) is 90.0 Å². The number of rotatable bonds is 6. The smallest absolute Gasteiger partial charge is 0.273 e. The van der Waals surface area contributed by atoms with Gasteiger partial charge in [-0.2, -0.15) is 15.3 Å². The predicted molar refractivity (Wildman–Crippen MR) is 106 cm³/mol. The first kappa shape index (κ1) is 18.9. The molecule has 140 valence electrons. The third-order valence-electron chi connectivity index (χ3n) is 3.79. The highest BCUT2D eigenvalue weighted by molar-refractivity contribution is 5.87. The Labute approximate surface area is 161 Å². The van der Waals surface area contributed by atoms with Crippen LogP contribution in [0.1, 0.15) is 17.2 Å². The second kappa shape index (κ2) is 9.20. The maximum atomic E-state index is 12.0. The summed E-state index contributed by atoms with van der Waals surface area (Å²) in [5.41, 5.74) is 4.27. The lowest BCUT2D eigenvalue weighted by atomic mass is 10.1. The van der Waals surface area contributed by atoms with Crippen molar-refractivity contribution in [2.45, 2.75) is 6.10 Å². The van der Waals surface area contributed by atoms with E-state index in [4.69, 9.17) is 0 Å². The Balaban J connectivity index is 1.66. The standard InChI is InChI=1S/C21H18N4O3/c26-19-12-11-18(24-23-17-9-5-2-6-10-17)13-16(19)14-22-25-21(28)20(27)15-7-3-1-4-8-15/h1-14,20,26-27H,(H,25,28)/b22-14+,24-23?. The van der Waals surface area contributed by atoms with Gasteiger partial charge >= 0.3 is 0 Å². The number of aliphatic hydroxyl groups is 1. The molecule has 0 spiro atoms. The van der Waals surface area contributed by atoms with E-state index in [1.165, 1.54) is 12.3 Å². The molecule has 0 aliphatic rings. The van der Waals surface area contributed by atoms with E-state index in [9.17, 15) is 15.0 Å². The van der Waals surface area contributed by atoms with Gasteiger partial charge in [-0.3, -0.25) is 4.79 Å². The summed E-state index contributed by atoms with van der Waals surface area (Å²) in [6.07, 6.45) is -0.0649. The van der Waals surface area contributed by atoms with E-state index in [-0.39, 0.29) is 5.75 Å². The van der Waals surface area contributed by atoms with Gasteiger partial charge < -0.3 is 10.2 Å². The molecule has 28 heavy (non-hydrogen) atoms. The van der Waals surface area contributed by atoms with Gasteiger partial charge in [0.1, 0.15) is 5.75 Å². The van der Waals surface area contributed by atoms with Crippen LogP contribution < -0.4 is 5.43 Å². The van der Waals surface area contributed by atoms with Crippen LogP contribution in [0.25, 0.3) is 0 Å². The molecule has 0 aromatic heterocycles. The summed E-state index contributed by atoms with van der Waals surface area (Å²) < 4.78 is 0. The molecule has 3 N–H and O–H groups in total. The van der Waals surface area contributed by atoms with E-state index in [0.29, 0.717) is 22.5 Å².